The molecule has 8 nitrogen and oxygen atoms in total. The Morgan fingerprint density at radius 1 is 0.711 bits per heavy atom. The van der Waals surface area contributed by atoms with Gasteiger partial charge in [0.2, 0.25) is 5.91 Å². The van der Waals surface area contributed by atoms with Crippen molar-refractivity contribution in [2.45, 2.75) is 123 Å². The molecule has 1 heterocycles. The molecule has 0 bridgehead atoms. The van der Waals surface area contributed by atoms with Crippen LogP contribution in [-0.2, 0) is 14.4 Å². The average Bonchev–Trinajstić information content (AvgIpc) is 3.20. The number of rotatable bonds is 6. The summed E-state index contributed by atoms with van der Waals surface area (Å²) in [6.07, 6.45) is 18.9. The summed E-state index contributed by atoms with van der Waals surface area (Å²) in [5.74, 6) is -1.14. The van der Waals surface area contributed by atoms with E-state index in [4.69, 9.17) is 21.7 Å². The monoisotopic (exact) mass is 602 g/mol. The molecule has 3 radical (unpaired) electrons. The maximum absolute atomic E-state index is 11.0. The van der Waals surface area contributed by atoms with Crippen LogP contribution in [0.15, 0.2) is 0 Å². The summed E-state index contributed by atoms with van der Waals surface area (Å²) in [6, 6.07) is 0. The highest BCUT2D eigenvalue weighted by Crippen LogP contribution is 2.41. The van der Waals surface area contributed by atoms with Crippen molar-refractivity contribution in [2.24, 2.45) is 27.7 Å². The molecule has 221 valence electrons. The van der Waals surface area contributed by atoms with E-state index in [2.05, 4.69) is 5.32 Å². The van der Waals surface area contributed by atoms with Crippen LogP contribution in [0.3, 0.4) is 0 Å². The second kappa shape index (κ2) is 19.0. The van der Waals surface area contributed by atoms with Crippen LogP contribution >= 0.6 is 17.0 Å². The van der Waals surface area contributed by atoms with Gasteiger partial charge >= 0.3 is 11.9 Å². The van der Waals surface area contributed by atoms with Crippen LogP contribution in [0.1, 0.15) is 123 Å². The standard InChI is InChI=1S/2C9H17NO2.C9H15NO.CH4.B.BrH/c2*10-7-9(6-8(11)12)4-2-1-3-5-9;11-8-6-9(7-10-8)4-2-1-3-5-9;;;/h2*1-7,10H2,(H,11,12);1-7H2,(H,10,11);1H4;;1H. The molecule has 4 aliphatic rings. The molecular weight excluding hydrogens is 549 g/mol. The van der Waals surface area contributed by atoms with Gasteiger partial charge in [0.25, 0.3) is 0 Å². The van der Waals surface area contributed by atoms with Gasteiger partial charge in [-0.3, -0.25) is 14.4 Å². The largest absolute Gasteiger partial charge is 0.481 e. The van der Waals surface area contributed by atoms with Gasteiger partial charge in [0.05, 0.1) is 12.8 Å². The minimum Gasteiger partial charge on any atom is -0.481 e. The Morgan fingerprint density at radius 2 is 1.05 bits per heavy atom. The summed E-state index contributed by atoms with van der Waals surface area (Å²) in [4.78, 5) is 32.2. The lowest BCUT2D eigenvalue weighted by atomic mass is 9.72. The molecule has 1 saturated heterocycles. The smallest absolute Gasteiger partial charge is 0.303 e. The van der Waals surface area contributed by atoms with Crippen molar-refractivity contribution in [3.63, 3.8) is 0 Å². The minimum atomic E-state index is -0.706. The van der Waals surface area contributed by atoms with Crippen LogP contribution in [0.25, 0.3) is 0 Å². The molecule has 10 heteroatoms. The van der Waals surface area contributed by atoms with E-state index in [9.17, 15) is 14.4 Å². The van der Waals surface area contributed by atoms with E-state index in [0.717, 1.165) is 64.3 Å². The Bertz CT molecular complexity index is 654. The Balaban J connectivity index is 0. The van der Waals surface area contributed by atoms with E-state index >= 15 is 0 Å². The summed E-state index contributed by atoms with van der Waals surface area (Å²) in [6.45, 7) is 2.00. The number of carboxylic acid groups (broad SMARTS) is 2. The zero-order chi connectivity index (χ0) is 25.8. The van der Waals surface area contributed by atoms with Crippen LogP contribution in [0, 0.1) is 16.2 Å². The number of halogens is 1. The fraction of sp³-hybridized carbons (Fsp3) is 0.893. The van der Waals surface area contributed by atoms with Gasteiger partial charge in [-0.15, -0.1) is 17.0 Å². The Morgan fingerprint density at radius 3 is 1.32 bits per heavy atom. The van der Waals surface area contributed by atoms with Gasteiger partial charge in [-0.1, -0.05) is 65.2 Å². The van der Waals surface area contributed by atoms with E-state index in [1.165, 1.54) is 44.9 Å². The van der Waals surface area contributed by atoms with Crippen molar-refractivity contribution in [3.8, 4) is 0 Å². The van der Waals surface area contributed by atoms with Crippen molar-refractivity contribution in [1.82, 2.24) is 5.32 Å². The van der Waals surface area contributed by atoms with Crippen molar-refractivity contribution in [2.75, 3.05) is 19.6 Å². The predicted molar refractivity (Wildman–Crippen MR) is 160 cm³/mol. The van der Waals surface area contributed by atoms with Gasteiger partial charge < -0.3 is 27.0 Å². The number of carboxylic acids is 2. The molecule has 0 aromatic heterocycles. The lowest BCUT2D eigenvalue weighted by molar-refractivity contribution is -0.141. The first-order chi connectivity index (χ1) is 16.7. The molecule has 1 spiro atoms. The van der Waals surface area contributed by atoms with Crippen LogP contribution in [0.2, 0.25) is 0 Å². The van der Waals surface area contributed by atoms with Crippen molar-refractivity contribution < 1.29 is 24.6 Å². The molecule has 4 fully saturated rings. The molecule has 4 rings (SSSR count). The van der Waals surface area contributed by atoms with E-state index in [0.29, 0.717) is 18.5 Å². The van der Waals surface area contributed by atoms with Crippen molar-refractivity contribution >= 4 is 43.2 Å². The number of hydrogen-bond acceptors (Lipinski definition) is 5. The third-order valence-electron chi connectivity index (χ3n) is 8.86. The molecule has 0 atom stereocenters. The van der Waals surface area contributed by atoms with Crippen LogP contribution in [0.5, 0.6) is 0 Å². The Labute approximate surface area is 243 Å². The van der Waals surface area contributed by atoms with Crippen LogP contribution in [-0.4, -0.2) is 56.1 Å². The molecule has 1 amide bonds. The average molecular weight is 603 g/mol. The third kappa shape index (κ3) is 12.8. The lowest BCUT2D eigenvalue weighted by Crippen LogP contribution is -2.34. The maximum atomic E-state index is 11.0. The topological polar surface area (TPSA) is 156 Å². The van der Waals surface area contributed by atoms with Gasteiger partial charge in [-0.25, -0.2) is 0 Å². The molecule has 1 aliphatic heterocycles. The van der Waals surface area contributed by atoms with E-state index < -0.39 is 11.9 Å². The molecule has 7 N–H and O–H groups in total. The number of nitrogens with one attached hydrogen (secondary N) is 1. The zero-order valence-electron chi connectivity index (χ0n) is 22.6. The second-order valence-electron chi connectivity index (χ2n) is 11.7. The zero-order valence-corrected chi connectivity index (χ0v) is 24.3. The SMILES string of the molecule is Br.C.NCC1(CC(=O)O)CCCCC1.NCC1(CC(=O)O)CCCCC1.O=C1CC2(CCCCC2)CN1.[B]. The lowest BCUT2D eigenvalue weighted by Gasteiger charge is -2.34. The molecule has 38 heavy (non-hydrogen) atoms. The number of hydrogen-bond donors (Lipinski definition) is 5. The second-order valence-corrected chi connectivity index (χ2v) is 11.7. The summed E-state index contributed by atoms with van der Waals surface area (Å²) in [5.41, 5.74) is 11.5. The molecular formula is C28H54BBrN3O5. The highest BCUT2D eigenvalue weighted by Gasteiger charge is 2.39. The molecule has 0 aromatic carbocycles. The summed E-state index contributed by atoms with van der Waals surface area (Å²) in [7, 11) is 0. The van der Waals surface area contributed by atoms with Gasteiger partial charge in [-0.2, -0.15) is 0 Å². The van der Waals surface area contributed by atoms with E-state index in [-0.39, 0.29) is 62.4 Å². The number of amides is 1. The Hall–Kier alpha value is -1.13. The number of carbonyl (C=O) groups excluding carboxylic acids is 1. The first kappa shape index (κ1) is 39.0. The van der Waals surface area contributed by atoms with Crippen molar-refractivity contribution in [3.05, 3.63) is 0 Å². The van der Waals surface area contributed by atoms with E-state index in [1.54, 1.807) is 0 Å². The highest BCUT2D eigenvalue weighted by molar-refractivity contribution is 8.93. The fourth-order valence-corrected chi connectivity index (χ4v) is 6.56. The normalized spacial score (nSPS) is 22.3. The summed E-state index contributed by atoms with van der Waals surface area (Å²) < 4.78 is 0. The molecule has 0 unspecified atom stereocenters. The quantitative estimate of drug-likeness (QED) is 0.267. The molecule has 0 aromatic rings. The van der Waals surface area contributed by atoms with Crippen molar-refractivity contribution in [1.29, 1.82) is 0 Å². The van der Waals surface area contributed by atoms with Gasteiger partial charge in [0, 0.05) is 21.4 Å². The Kier molecular flexibility index (Phi) is 19.5. The number of aliphatic carboxylic acids is 2. The number of carbonyl (C=O) groups is 3. The van der Waals surface area contributed by atoms with Crippen LogP contribution in [0.4, 0.5) is 0 Å². The number of nitrogens with two attached hydrogens (primary N) is 2. The highest BCUT2D eigenvalue weighted by atomic mass is 79.9. The predicted octanol–water partition coefficient (Wildman–Crippen LogP) is 5.03. The van der Waals surface area contributed by atoms with E-state index in [1.807, 2.05) is 0 Å². The molecule has 3 aliphatic carbocycles. The summed E-state index contributed by atoms with van der Waals surface area (Å²) in [5, 5.41) is 20.4. The van der Waals surface area contributed by atoms with Gasteiger partial charge in [0.1, 0.15) is 0 Å². The summed E-state index contributed by atoms with van der Waals surface area (Å²) >= 11 is 0. The third-order valence-corrected chi connectivity index (χ3v) is 8.86. The van der Waals surface area contributed by atoms with Gasteiger partial charge in [0.15, 0.2) is 0 Å². The van der Waals surface area contributed by atoms with Gasteiger partial charge in [-0.05, 0) is 67.9 Å². The minimum absolute atomic E-state index is 0. The first-order valence-electron chi connectivity index (χ1n) is 13.8. The fourth-order valence-electron chi connectivity index (χ4n) is 6.56. The molecule has 3 saturated carbocycles. The first-order valence-corrected chi connectivity index (χ1v) is 13.8. The maximum Gasteiger partial charge on any atom is 0.303 e. The van der Waals surface area contributed by atoms with Crippen LogP contribution < -0.4 is 16.8 Å².